The number of rotatable bonds is 10. The summed E-state index contributed by atoms with van der Waals surface area (Å²) < 4.78 is 0. The Bertz CT molecular complexity index is 567. The van der Waals surface area contributed by atoms with Gasteiger partial charge in [-0.15, -0.1) is 0 Å². The van der Waals surface area contributed by atoms with Crippen molar-refractivity contribution in [2.75, 3.05) is 5.32 Å². The van der Waals surface area contributed by atoms with E-state index in [1.165, 1.54) is 0 Å². The Morgan fingerprint density at radius 1 is 1.00 bits per heavy atom. The van der Waals surface area contributed by atoms with Gasteiger partial charge in [0, 0.05) is 35.6 Å². The first-order valence-electron chi connectivity index (χ1n) is 8.71. The van der Waals surface area contributed by atoms with Crippen molar-refractivity contribution in [1.82, 2.24) is 5.32 Å². The molecule has 0 bridgehead atoms. The summed E-state index contributed by atoms with van der Waals surface area (Å²) in [5.74, 6) is 1.22. The van der Waals surface area contributed by atoms with Crippen molar-refractivity contribution in [3.05, 3.63) is 29.3 Å². The number of anilines is 1. The molecule has 0 heterocycles. The molecule has 0 aromatic heterocycles. The first-order valence-corrected chi connectivity index (χ1v) is 9.97. The molecule has 1 amide bonds. The summed E-state index contributed by atoms with van der Waals surface area (Å²) in [7, 11) is 0. The van der Waals surface area contributed by atoms with Crippen molar-refractivity contribution in [1.29, 1.82) is 0 Å². The molecule has 0 aliphatic carbocycles. The summed E-state index contributed by atoms with van der Waals surface area (Å²) in [6, 6.07) is 5.77. The third kappa shape index (κ3) is 7.84. The van der Waals surface area contributed by atoms with Crippen LogP contribution in [0.2, 0.25) is 0 Å². The molecule has 0 fully saturated rings. The van der Waals surface area contributed by atoms with Gasteiger partial charge in [0.05, 0.1) is 6.04 Å². The second-order valence-electron chi connectivity index (χ2n) is 6.87. The standard InChI is InChI=1S/C19H30N2O2S2/c1-12(2)19(23)17(20-13(3)4)5-6-18(22)21-16-8-14(10-24)7-15(9-16)11-25/h7-9,12-13,17,20,24-25H,5-6,10-11H2,1-4H3,(H,21,22). The van der Waals surface area contributed by atoms with Gasteiger partial charge >= 0.3 is 0 Å². The third-order valence-electron chi connectivity index (χ3n) is 3.81. The van der Waals surface area contributed by atoms with Crippen molar-refractivity contribution in [3.8, 4) is 0 Å². The summed E-state index contributed by atoms with van der Waals surface area (Å²) in [4.78, 5) is 24.6. The molecule has 0 saturated carbocycles. The molecule has 2 N–H and O–H groups in total. The lowest BCUT2D eigenvalue weighted by Gasteiger charge is -2.21. The summed E-state index contributed by atoms with van der Waals surface area (Å²) in [5, 5.41) is 6.19. The van der Waals surface area contributed by atoms with Crippen molar-refractivity contribution in [2.45, 2.75) is 64.1 Å². The highest BCUT2D eigenvalue weighted by Gasteiger charge is 2.22. The summed E-state index contributed by atoms with van der Waals surface area (Å²) in [6.45, 7) is 7.78. The van der Waals surface area contributed by atoms with Crippen LogP contribution in [-0.2, 0) is 21.1 Å². The molecule has 0 saturated heterocycles. The quantitative estimate of drug-likeness (QED) is 0.465. The number of hydrogen-bond donors (Lipinski definition) is 4. The van der Waals surface area contributed by atoms with Gasteiger partial charge in [-0.05, 0) is 29.7 Å². The minimum absolute atomic E-state index is 0.0515. The molecule has 0 aliphatic rings. The zero-order valence-corrected chi connectivity index (χ0v) is 17.3. The molecule has 1 atom stereocenters. The third-order valence-corrected chi connectivity index (χ3v) is 4.54. The highest BCUT2D eigenvalue weighted by Crippen LogP contribution is 2.18. The molecule has 1 aromatic carbocycles. The Morgan fingerprint density at radius 3 is 2.00 bits per heavy atom. The van der Waals surface area contributed by atoms with E-state index in [1.54, 1.807) is 0 Å². The zero-order valence-electron chi connectivity index (χ0n) is 15.5. The van der Waals surface area contributed by atoms with Gasteiger partial charge in [-0.25, -0.2) is 0 Å². The SMILES string of the molecule is CC(C)NC(CCC(=O)Nc1cc(CS)cc(CS)c1)C(=O)C(C)C. The maximum Gasteiger partial charge on any atom is 0.224 e. The molecule has 25 heavy (non-hydrogen) atoms. The van der Waals surface area contributed by atoms with Crippen molar-refractivity contribution in [3.63, 3.8) is 0 Å². The summed E-state index contributed by atoms with van der Waals surface area (Å²) in [6.07, 6.45) is 0.789. The average molecular weight is 383 g/mol. The fourth-order valence-corrected chi connectivity index (χ4v) is 2.99. The van der Waals surface area contributed by atoms with Crippen LogP contribution in [0, 0.1) is 5.92 Å². The number of nitrogens with one attached hydrogen (secondary N) is 2. The number of hydrogen-bond acceptors (Lipinski definition) is 5. The Labute approximate surface area is 162 Å². The van der Waals surface area contributed by atoms with Crippen LogP contribution in [0.3, 0.4) is 0 Å². The highest BCUT2D eigenvalue weighted by molar-refractivity contribution is 7.79. The monoisotopic (exact) mass is 382 g/mol. The minimum atomic E-state index is -0.289. The van der Waals surface area contributed by atoms with E-state index < -0.39 is 0 Å². The molecule has 1 aromatic rings. The highest BCUT2D eigenvalue weighted by atomic mass is 32.1. The predicted molar refractivity (Wildman–Crippen MR) is 112 cm³/mol. The molecule has 4 nitrogen and oxygen atoms in total. The molecule has 6 heteroatoms. The Balaban J connectivity index is 2.70. The fourth-order valence-electron chi connectivity index (χ4n) is 2.63. The van der Waals surface area contributed by atoms with Gasteiger partial charge in [0.1, 0.15) is 0 Å². The van der Waals surface area contributed by atoms with Crippen LogP contribution >= 0.6 is 25.3 Å². The molecule has 0 aliphatic heterocycles. The van der Waals surface area contributed by atoms with Crippen LogP contribution in [0.1, 0.15) is 51.7 Å². The fraction of sp³-hybridized carbons (Fsp3) is 0.579. The second-order valence-corrected chi connectivity index (χ2v) is 7.50. The van der Waals surface area contributed by atoms with Crippen molar-refractivity contribution < 1.29 is 9.59 Å². The molecule has 0 radical (unpaired) electrons. The van der Waals surface area contributed by atoms with E-state index >= 15 is 0 Å². The number of benzene rings is 1. The molecule has 140 valence electrons. The van der Waals surface area contributed by atoms with Crippen LogP contribution in [0.25, 0.3) is 0 Å². The van der Waals surface area contributed by atoms with Crippen LogP contribution in [-0.4, -0.2) is 23.8 Å². The predicted octanol–water partition coefficient (Wildman–Crippen LogP) is 3.86. The lowest BCUT2D eigenvalue weighted by molar-refractivity contribution is -0.124. The average Bonchev–Trinajstić information content (AvgIpc) is 2.56. The normalized spacial score (nSPS) is 12.5. The minimum Gasteiger partial charge on any atom is -0.326 e. The van der Waals surface area contributed by atoms with Gasteiger partial charge in [-0.3, -0.25) is 9.59 Å². The first kappa shape index (κ1) is 22.1. The van der Waals surface area contributed by atoms with E-state index in [0.717, 1.165) is 16.8 Å². The maximum atomic E-state index is 12.3. The molecule has 1 rings (SSSR count). The molecular formula is C19H30N2O2S2. The van der Waals surface area contributed by atoms with E-state index in [0.29, 0.717) is 24.3 Å². The van der Waals surface area contributed by atoms with Gasteiger partial charge in [-0.1, -0.05) is 33.8 Å². The number of amides is 1. The van der Waals surface area contributed by atoms with E-state index in [1.807, 2.05) is 45.9 Å². The Hall–Kier alpha value is -0.980. The first-order chi connectivity index (χ1) is 11.8. The summed E-state index contributed by atoms with van der Waals surface area (Å²) in [5.41, 5.74) is 2.84. The van der Waals surface area contributed by atoms with Crippen LogP contribution < -0.4 is 10.6 Å². The van der Waals surface area contributed by atoms with Crippen LogP contribution in [0.4, 0.5) is 5.69 Å². The van der Waals surface area contributed by atoms with Gasteiger partial charge < -0.3 is 10.6 Å². The maximum absolute atomic E-state index is 12.3. The van der Waals surface area contributed by atoms with E-state index in [-0.39, 0.29) is 29.7 Å². The topological polar surface area (TPSA) is 58.2 Å². The lowest BCUT2D eigenvalue weighted by Crippen LogP contribution is -2.43. The van der Waals surface area contributed by atoms with Crippen molar-refractivity contribution in [2.24, 2.45) is 5.92 Å². The Morgan fingerprint density at radius 2 is 1.56 bits per heavy atom. The number of carbonyl (C=O) groups excluding carboxylic acids is 2. The summed E-state index contributed by atoms with van der Waals surface area (Å²) >= 11 is 8.58. The number of Topliss-reactive ketones (excluding diaryl/α,β-unsaturated/α-hetero) is 1. The number of thiol groups is 2. The number of ketones is 1. The van der Waals surface area contributed by atoms with Crippen molar-refractivity contribution >= 4 is 42.6 Å². The zero-order chi connectivity index (χ0) is 19.0. The second kappa shape index (κ2) is 10.9. The van der Waals surface area contributed by atoms with Gasteiger partial charge in [-0.2, -0.15) is 25.3 Å². The van der Waals surface area contributed by atoms with Gasteiger partial charge in [0.15, 0.2) is 5.78 Å². The smallest absolute Gasteiger partial charge is 0.224 e. The molecule has 1 unspecified atom stereocenters. The Kier molecular flexibility index (Phi) is 9.61. The lowest BCUT2D eigenvalue weighted by atomic mass is 9.97. The van der Waals surface area contributed by atoms with E-state index in [4.69, 9.17) is 0 Å². The van der Waals surface area contributed by atoms with Crippen LogP contribution in [0.15, 0.2) is 18.2 Å². The van der Waals surface area contributed by atoms with E-state index in [2.05, 4.69) is 35.9 Å². The van der Waals surface area contributed by atoms with Crippen LogP contribution in [0.5, 0.6) is 0 Å². The largest absolute Gasteiger partial charge is 0.326 e. The molecular weight excluding hydrogens is 352 g/mol. The number of carbonyl (C=O) groups is 2. The van der Waals surface area contributed by atoms with E-state index in [9.17, 15) is 9.59 Å². The van der Waals surface area contributed by atoms with Gasteiger partial charge in [0.2, 0.25) is 5.91 Å². The van der Waals surface area contributed by atoms with Gasteiger partial charge in [0.25, 0.3) is 0 Å². The molecule has 0 spiro atoms.